The van der Waals surface area contributed by atoms with Crippen LogP contribution in [0.4, 0.5) is 0 Å². The minimum Gasteiger partial charge on any atom is -0.459 e. The molecule has 0 fully saturated rings. The van der Waals surface area contributed by atoms with Gasteiger partial charge in [-0.25, -0.2) is 14.6 Å². The van der Waals surface area contributed by atoms with Crippen molar-refractivity contribution in [2.75, 3.05) is 6.54 Å². The van der Waals surface area contributed by atoms with Crippen molar-refractivity contribution in [1.82, 2.24) is 14.9 Å². The molecule has 0 unspecified atom stereocenters. The number of para-hydroxylation sites is 1. The van der Waals surface area contributed by atoms with E-state index in [1.54, 1.807) is 16.7 Å². The number of pyridine rings is 2. The largest absolute Gasteiger partial charge is 0.459 e. The van der Waals surface area contributed by atoms with Gasteiger partial charge in [-0.3, -0.25) is 9.59 Å². The number of unbranched alkanes of at least 4 members (excludes halogenated alkanes) is 1. The maximum absolute atomic E-state index is 13.3. The van der Waals surface area contributed by atoms with Crippen LogP contribution in [0.1, 0.15) is 55.4 Å². The summed E-state index contributed by atoms with van der Waals surface area (Å²) in [5.74, 6) is -1.87. The Morgan fingerprint density at radius 1 is 1.27 bits per heavy atom. The molecule has 216 valence electrons. The van der Waals surface area contributed by atoms with Crippen molar-refractivity contribution in [2.24, 2.45) is 11.5 Å². The normalized spacial score (nSPS) is 18.6. The molecule has 3 atom stereocenters. The summed E-state index contributed by atoms with van der Waals surface area (Å²) in [6.45, 7) is 3.33. The fraction of sp³-hybridized carbons (Fsp3) is 0.414. The summed E-state index contributed by atoms with van der Waals surface area (Å²) in [5, 5.41) is 14.2. The van der Waals surface area contributed by atoms with Gasteiger partial charge in [0.2, 0.25) is 5.91 Å². The molecule has 0 bridgehead atoms. The standard InChI is InChI=1S/C29H33N5O7/c1-15(32-25(35)21(31)8-3-4-9-30)27(37)40-13-17-7-5-6-16-10-18-12-34-22(24(18)33-23(16)17)11-20-19(26(34)36)14-41-28(38)29(20,2)39/h5-7,10-11,15,21,39H,3-4,8-9,12-14,30-31H2,1-2H3,(H,32,35)/t15-,21-,29-/m0/s1. The van der Waals surface area contributed by atoms with Crippen LogP contribution in [-0.2, 0) is 49.2 Å². The molecule has 2 aliphatic rings. The molecule has 0 saturated carbocycles. The van der Waals surface area contributed by atoms with E-state index in [1.807, 2.05) is 18.2 Å². The monoisotopic (exact) mass is 563 g/mol. The van der Waals surface area contributed by atoms with Gasteiger partial charge in [-0.2, -0.15) is 0 Å². The number of benzene rings is 1. The third-order valence-corrected chi connectivity index (χ3v) is 7.64. The summed E-state index contributed by atoms with van der Waals surface area (Å²) in [7, 11) is 0. The highest BCUT2D eigenvalue weighted by Gasteiger charge is 2.43. The summed E-state index contributed by atoms with van der Waals surface area (Å²) in [5.41, 5.74) is 12.5. The molecule has 0 spiro atoms. The number of aromatic nitrogens is 2. The van der Waals surface area contributed by atoms with Crippen molar-refractivity contribution in [3.05, 3.63) is 62.9 Å². The topological polar surface area (TPSA) is 189 Å². The highest BCUT2D eigenvalue weighted by atomic mass is 16.6. The van der Waals surface area contributed by atoms with Crippen LogP contribution in [0.5, 0.6) is 0 Å². The Morgan fingerprint density at radius 3 is 2.80 bits per heavy atom. The predicted octanol–water partition coefficient (Wildman–Crippen LogP) is 0.694. The number of cyclic esters (lactones) is 1. The summed E-state index contributed by atoms with van der Waals surface area (Å²) >= 11 is 0. The Bertz CT molecular complexity index is 1610. The first kappa shape index (κ1) is 28.4. The van der Waals surface area contributed by atoms with E-state index in [2.05, 4.69) is 5.32 Å². The van der Waals surface area contributed by atoms with Crippen LogP contribution in [0.15, 0.2) is 35.1 Å². The molecule has 4 heterocycles. The number of esters is 2. The van der Waals surface area contributed by atoms with Gasteiger partial charge in [0.05, 0.1) is 35.1 Å². The number of nitrogens with zero attached hydrogens (tertiary/aromatic N) is 2. The van der Waals surface area contributed by atoms with Crippen molar-refractivity contribution < 1.29 is 29.0 Å². The van der Waals surface area contributed by atoms with Gasteiger partial charge in [0.1, 0.15) is 19.3 Å². The highest BCUT2D eigenvalue weighted by Crippen LogP contribution is 2.37. The van der Waals surface area contributed by atoms with Gasteiger partial charge in [-0.05, 0) is 45.4 Å². The number of hydrogen-bond donors (Lipinski definition) is 4. The van der Waals surface area contributed by atoms with E-state index in [1.165, 1.54) is 13.8 Å². The van der Waals surface area contributed by atoms with Gasteiger partial charge in [-0.1, -0.05) is 24.6 Å². The summed E-state index contributed by atoms with van der Waals surface area (Å²) in [4.78, 5) is 55.3. The van der Waals surface area contributed by atoms with Crippen molar-refractivity contribution in [3.63, 3.8) is 0 Å². The van der Waals surface area contributed by atoms with E-state index in [9.17, 15) is 24.3 Å². The van der Waals surface area contributed by atoms with Crippen LogP contribution >= 0.6 is 0 Å². The number of rotatable bonds is 9. The lowest BCUT2D eigenvalue weighted by Crippen LogP contribution is -2.47. The predicted molar refractivity (Wildman–Crippen MR) is 148 cm³/mol. The minimum absolute atomic E-state index is 0.0950. The lowest BCUT2D eigenvalue weighted by Gasteiger charge is -2.29. The van der Waals surface area contributed by atoms with Crippen molar-refractivity contribution in [1.29, 1.82) is 0 Å². The number of carbonyl (C=O) groups is 3. The van der Waals surface area contributed by atoms with E-state index >= 15 is 0 Å². The first-order valence-corrected chi connectivity index (χ1v) is 13.5. The van der Waals surface area contributed by atoms with Gasteiger partial charge in [-0.15, -0.1) is 0 Å². The second-order valence-corrected chi connectivity index (χ2v) is 10.7. The number of carbonyl (C=O) groups excluding carboxylic acids is 3. The zero-order chi connectivity index (χ0) is 29.5. The maximum Gasteiger partial charge on any atom is 0.342 e. The zero-order valence-electron chi connectivity index (χ0n) is 22.9. The third-order valence-electron chi connectivity index (χ3n) is 7.64. The average Bonchev–Trinajstić information content (AvgIpc) is 3.30. The van der Waals surface area contributed by atoms with Crippen LogP contribution in [0.2, 0.25) is 0 Å². The van der Waals surface area contributed by atoms with Crippen LogP contribution in [0, 0.1) is 0 Å². The van der Waals surface area contributed by atoms with Gasteiger partial charge < -0.3 is 35.9 Å². The van der Waals surface area contributed by atoms with Gasteiger partial charge in [0, 0.05) is 22.1 Å². The third kappa shape index (κ3) is 5.21. The molecule has 6 N–H and O–H groups in total. The molecule has 1 aromatic carbocycles. The van der Waals surface area contributed by atoms with E-state index in [4.69, 9.17) is 25.9 Å². The molecule has 3 aromatic rings. The number of aliphatic hydroxyl groups is 1. The van der Waals surface area contributed by atoms with Crippen LogP contribution in [-0.4, -0.2) is 51.1 Å². The van der Waals surface area contributed by atoms with Gasteiger partial charge >= 0.3 is 11.9 Å². The molecular weight excluding hydrogens is 530 g/mol. The number of nitrogens with one attached hydrogen (secondary N) is 1. The van der Waals surface area contributed by atoms with Crippen LogP contribution in [0.25, 0.3) is 22.3 Å². The molecule has 1 amide bonds. The molecule has 41 heavy (non-hydrogen) atoms. The molecule has 2 aromatic heterocycles. The summed E-state index contributed by atoms with van der Waals surface area (Å²) in [6.07, 6.45) is 1.95. The minimum atomic E-state index is -1.96. The highest BCUT2D eigenvalue weighted by molar-refractivity contribution is 5.89. The number of amides is 1. The van der Waals surface area contributed by atoms with E-state index < -0.39 is 35.5 Å². The number of ether oxygens (including phenoxy) is 2. The lowest BCUT2D eigenvalue weighted by atomic mass is 9.90. The molecule has 0 aliphatic carbocycles. The number of fused-ring (bicyclic) bond motifs is 5. The van der Waals surface area contributed by atoms with Gasteiger partial charge in [0.25, 0.3) is 5.56 Å². The van der Waals surface area contributed by atoms with E-state index in [0.717, 1.165) is 23.8 Å². The number of hydrogen-bond acceptors (Lipinski definition) is 10. The Kier molecular flexibility index (Phi) is 7.64. The smallest absolute Gasteiger partial charge is 0.342 e. The molecule has 0 saturated heterocycles. The zero-order valence-corrected chi connectivity index (χ0v) is 22.9. The second kappa shape index (κ2) is 11.0. The van der Waals surface area contributed by atoms with E-state index in [-0.39, 0.29) is 36.4 Å². The van der Waals surface area contributed by atoms with Crippen molar-refractivity contribution in [2.45, 2.75) is 70.6 Å². The van der Waals surface area contributed by atoms with Gasteiger partial charge in [0.15, 0.2) is 5.60 Å². The molecule has 12 heteroatoms. The summed E-state index contributed by atoms with van der Waals surface area (Å²) in [6, 6.07) is 7.37. The van der Waals surface area contributed by atoms with Crippen molar-refractivity contribution in [3.8, 4) is 11.4 Å². The lowest BCUT2D eigenvalue weighted by molar-refractivity contribution is -0.169. The van der Waals surface area contributed by atoms with Crippen LogP contribution < -0.4 is 22.3 Å². The SMILES string of the molecule is C[C@H](NC(=O)[C@@H](N)CCCCN)C(=O)OCc1cccc2cc3c(nc12)-c1cc2c(c(=O)n1C3)COC(=O)[C@@]2(C)O. The van der Waals surface area contributed by atoms with Crippen molar-refractivity contribution >= 4 is 28.7 Å². The molecular formula is C29H33N5O7. The average molecular weight is 564 g/mol. The Balaban J connectivity index is 1.37. The van der Waals surface area contributed by atoms with Crippen LogP contribution in [0.3, 0.4) is 0 Å². The quantitative estimate of drug-likeness (QED) is 0.167. The summed E-state index contributed by atoms with van der Waals surface area (Å²) < 4.78 is 12.1. The first-order valence-electron chi connectivity index (χ1n) is 13.5. The fourth-order valence-electron chi connectivity index (χ4n) is 5.23. The fourth-order valence-corrected chi connectivity index (χ4v) is 5.23. The molecule has 12 nitrogen and oxygen atoms in total. The molecule has 2 aliphatic heterocycles. The number of nitrogens with two attached hydrogens (primary N) is 2. The molecule has 0 radical (unpaired) electrons. The maximum atomic E-state index is 13.3. The Labute approximate surface area is 235 Å². The molecule has 5 rings (SSSR count). The first-order chi connectivity index (χ1) is 19.5. The second-order valence-electron chi connectivity index (χ2n) is 10.7. The Hall–Kier alpha value is -4.13. The van der Waals surface area contributed by atoms with E-state index in [0.29, 0.717) is 35.4 Å². The Morgan fingerprint density at radius 2 is 2.05 bits per heavy atom.